The van der Waals surface area contributed by atoms with E-state index >= 15 is 0 Å². The fourth-order valence-electron chi connectivity index (χ4n) is 5.14. The van der Waals surface area contributed by atoms with Crippen LogP contribution in [0.15, 0.2) is 28.9 Å². The van der Waals surface area contributed by atoms with E-state index in [1.807, 2.05) is 0 Å². The van der Waals surface area contributed by atoms with Gasteiger partial charge in [-0.25, -0.2) is 0 Å². The molecule has 0 amide bonds. The number of furan rings is 1. The Morgan fingerprint density at radius 3 is 2.83 bits per heavy atom. The number of nitrogens with zero attached hydrogens (tertiary/aromatic N) is 1. The minimum atomic E-state index is 0.342. The Kier molecular flexibility index (Phi) is 3.30. The number of hydrogen-bond acceptors (Lipinski definition) is 4. The third-order valence-electron chi connectivity index (χ3n) is 6.49. The predicted molar refractivity (Wildman–Crippen MR) is 95.9 cm³/mol. The maximum atomic E-state index is 5.73. The molecular weight excluding hydrogens is 300 g/mol. The molecule has 2 aromatic rings. The number of ether oxygens (including phenoxy) is 1. The quantitative estimate of drug-likeness (QED) is 0.902. The molecule has 2 heterocycles. The highest BCUT2D eigenvalue weighted by Gasteiger charge is 2.48. The van der Waals surface area contributed by atoms with Crippen LogP contribution < -0.4 is 15.0 Å². The molecule has 2 atom stereocenters. The summed E-state index contributed by atoms with van der Waals surface area (Å²) < 4.78 is 11.2. The molecule has 0 bridgehead atoms. The van der Waals surface area contributed by atoms with E-state index in [4.69, 9.17) is 9.15 Å². The zero-order valence-electron chi connectivity index (χ0n) is 14.4. The zero-order valence-corrected chi connectivity index (χ0v) is 14.4. The number of anilines is 1. The second-order valence-corrected chi connectivity index (χ2v) is 7.81. The van der Waals surface area contributed by atoms with Crippen molar-refractivity contribution < 1.29 is 9.15 Å². The van der Waals surface area contributed by atoms with Crippen molar-refractivity contribution in [1.29, 1.82) is 0 Å². The summed E-state index contributed by atoms with van der Waals surface area (Å²) in [6.07, 6.45) is 11.1. The fraction of sp³-hybridized carbons (Fsp3) is 0.600. The second kappa shape index (κ2) is 5.41. The van der Waals surface area contributed by atoms with Gasteiger partial charge in [-0.05, 0) is 50.3 Å². The summed E-state index contributed by atoms with van der Waals surface area (Å²) in [6.45, 7) is 1.13. The van der Waals surface area contributed by atoms with Crippen LogP contribution in [0.4, 0.5) is 5.69 Å². The second-order valence-electron chi connectivity index (χ2n) is 7.81. The van der Waals surface area contributed by atoms with E-state index in [9.17, 15) is 0 Å². The van der Waals surface area contributed by atoms with Gasteiger partial charge in [0.15, 0.2) is 11.3 Å². The van der Waals surface area contributed by atoms with Crippen LogP contribution in [0.3, 0.4) is 0 Å². The maximum Gasteiger partial charge on any atom is 0.177 e. The molecule has 1 N–H and O–H groups in total. The number of rotatable bonds is 2. The first-order valence-electron chi connectivity index (χ1n) is 9.38. The van der Waals surface area contributed by atoms with E-state index in [0.717, 1.165) is 17.9 Å². The minimum absolute atomic E-state index is 0.342. The highest BCUT2D eigenvalue weighted by Crippen LogP contribution is 2.44. The van der Waals surface area contributed by atoms with Crippen LogP contribution in [0.2, 0.25) is 0 Å². The normalized spacial score (nSPS) is 28.6. The highest BCUT2D eigenvalue weighted by atomic mass is 16.5. The Balaban J connectivity index is 1.59. The van der Waals surface area contributed by atoms with E-state index in [-0.39, 0.29) is 0 Å². The van der Waals surface area contributed by atoms with Crippen LogP contribution in [0.25, 0.3) is 11.0 Å². The number of benzene rings is 1. The molecule has 0 unspecified atom stereocenters. The van der Waals surface area contributed by atoms with Gasteiger partial charge in [0.1, 0.15) is 0 Å². The summed E-state index contributed by atoms with van der Waals surface area (Å²) in [5.41, 5.74) is 2.54. The molecule has 5 rings (SSSR count). The monoisotopic (exact) mass is 326 g/mol. The van der Waals surface area contributed by atoms with Crippen LogP contribution >= 0.6 is 0 Å². The van der Waals surface area contributed by atoms with E-state index in [1.165, 1.54) is 56.0 Å². The Labute approximate surface area is 143 Å². The topological polar surface area (TPSA) is 37.6 Å². The average Bonchev–Trinajstić information content (AvgIpc) is 3.08. The number of fused-ring (bicyclic) bond motifs is 2. The van der Waals surface area contributed by atoms with Crippen molar-refractivity contribution in [3.8, 4) is 5.75 Å². The van der Waals surface area contributed by atoms with E-state index in [0.29, 0.717) is 17.6 Å². The van der Waals surface area contributed by atoms with Crippen LogP contribution in [0.1, 0.15) is 44.9 Å². The molecule has 128 valence electrons. The summed E-state index contributed by atoms with van der Waals surface area (Å²) in [5, 5.41) is 5.23. The van der Waals surface area contributed by atoms with Crippen LogP contribution in [-0.2, 0) is 0 Å². The van der Waals surface area contributed by atoms with Gasteiger partial charge in [0.2, 0.25) is 0 Å². The van der Waals surface area contributed by atoms with Crippen molar-refractivity contribution in [2.45, 2.75) is 62.6 Å². The van der Waals surface area contributed by atoms with E-state index in [1.54, 1.807) is 13.4 Å². The van der Waals surface area contributed by atoms with E-state index < -0.39 is 0 Å². The molecule has 3 aliphatic rings. The predicted octanol–water partition coefficient (Wildman–Crippen LogP) is 4.08. The third-order valence-corrected chi connectivity index (χ3v) is 6.49. The van der Waals surface area contributed by atoms with Gasteiger partial charge in [0.25, 0.3) is 0 Å². The van der Waals surface area contributed by atoms with Crippen LogP contribution in [-0.4, -0.2) is 31.3 Å². The molecule has 0 radical (unpaired) electrons. The van der Waals surface area contributed by atoms with Crippen LogP contribution in [0.5, 0.6) is 5.75 Å². The number of piperazine rings is 1. The molecule has 24 heavy (non-hydrogen) atoms. The third kappa shape index (κ3) is 2.08. The molecule has 2 aliphatic carbocycles. The van der Waals surface area contributed by atoms with Gasteiger partial charge < -0.3 is 19.4 Å². The Morgan fingerprint density at radius 2 is 2.04 bits per heavy atom. The van der Waals surface area contributed by atoms with Gasteiger partial charge in [0.05, 0.1) is 13.4 Å². The summed E-state index contributed by atoms with van der Waals surface area (Å²) in [4.78, 5) is 2.69. The fourth-order valence-corrected chi connectivity index (χ4v) is 5.14. The molecule has 3 fully saturated rings. The zero-order chi connectivity index (χ0) is 16.1. The molecule has 2 saturated carbocycles. The van der Waals surface area contributed by atoms with Gasteiger partial charge in [-0.1, -0.05) is 12.8 Å². The molecule has 1 spiro atoms. The maximum absolute atomic E-state index is 5.73. The first kappa shape index (κ1) is 14.6. The minimum Gasteiger partial charge on any atom is -0.493 e. The molecular formula is C20H26N2O2. The molecule has 1 aliphatic heterocycles. The van der Waals surface area contributed by atoms with Crippen molar-refractivity contribution >= 4 is 16.7 Å². The van der Waals surface area contributed by atoms with Gasteiger partial charge in [-0.15, -0.1) is 0 Å². The molecule has 1 aromatic carbocycles. The van der Waals surface area contributed by atoms with Crippen molar-refractivity contribution in [2.75, 3.05) is 18.6 Å². The standard InChI is InChI=1S/C20H26N2O2/c1-23-18-8-7-16(14-9-12-24-19(14)18)22-13-20(10-4-11-20)21-15-5-2-3-6-17(15)22/h7-9,12,15,17,21H,2-6,10-11,13H2,1H3/t15-,17+/m0/s1. The van der Waals surface area contributed by atoms with Gasteiger partial charge in [0, 0.05) is 35.2 Å². The van der Waals surface area contributed by atoms with Crippen LogP contribution in [0, 0.1) is 0 Å². The highest BCUT2D eigenvalue weighted by molar-refractivity contribution is 5.95. The molecule has 4 nitrogen and oxygen atoms in total. The van der Waals surface area contributed by atoms with Crippen molar-refractivity contribution in [2.24, 2.45) is 0 Å². The smallest absolute Gasteiger partial charge is 0.177 e. The Morgan fingerprint density at radius 1 is 1.17 bits per heavy atom. The lowest BCUT2D eigenvalue weighted by molar-refractivity contribution is 0.105. The Bertz CT molecular complexity index is 749. The molecule has 1 aromatic heterocycles. The molecule has 4 heteroatoms. The van der Waals surface area contributed by atoms with Crippen molar-refractivity contribution in [3.63, 3.8) is 0 Å². The number of hydrogen-bond donors (Lipinski definition) is 1. The first-order chi connectivity index (χ1) is 11.8. The number of nitrogens with one attached hydrogen (secondary N) is 1. The largest absolute Gasteiger partial charge is 0.493 e. The van der Waals surface area contributed by atoms with Crippen molar-refractivity contribution in [1.82, 2.24) is 5.32 Å². The van der Waals surface area contributed by atoms with Gasteiger partial charge in [-0.2, -0.15) is 0 Å². The summed E-state index contributed by atoms with van der Waals surface area (Å²) >= 11 is 0. The lowest BCUT2D eigenvalue weighted by Crippen LogP contribution is -2.72. The van der Waals surface area contributed by atoms with E-state index in [2.05, 4.69) is 28.4 Å². The summed E-state index contributed by atoms with van der Waals surface area (Å²) in [5.74, 6) is 0.826. The average molecular weight is 326 g/mol. The van der Waals surface area contributed by atoms with Crippen molar-refractivity contribution in [3.05, 3.63) is 24.5 Å². The first-order valence-corrected chi connectivity index (χ1v) is 9.38. The summed E-state index contributed by atoms with van der Waals surface area (Å²) in [7, 11) is 1.71. The lowest BCUT2D eigenvalue weighted by atomic mass is 9.71. The number of methoxy groups -OCH3 is 1. The summed E-state index contributed by atoms with van der Waals surface area (Å²) in [6, 6.07) is 7.64. The lowest BCUT2D eigenvalue weighted by Gasteiger charge is -2.58. The van der Waals surface area contributed by atoms with Gasteiger partial charge >= 0.3 is 0 Å². The Hall–Kier alpha value is -1.68. The SMILES string of the molecule is COc1ccc(N2CC3(CCC3)N[C@H]3CCCC[C@H]32)c2ccoc12. The van der Waals surface area contributed by atoms with Gasteiger partial charge in [-0.3, -0.25) is 0 Å². The molecule has 1 saturated heterocycles.